The zero-order valence-electron chi connectivity index (χ0n) is 21.0. The van der Waals surface area contributed by atoms with E-state index in [0.717, 1.165) is 18.6 Å². The minimum Gasteiger partial charge on any atom is -0.165 e. The molecule has 1 unspecified atom stereocenters. The molecule has 0 aromatic heterocycles. The number of thiol groups is 1. The summed E-state index contributed by atoms with van der Waals surface area (Å²) in [4.78, 5) is 5.81. The Labute approximate surface area is 228 Å². The first-order chi connectivity index (χ1) is 17.7. The molecule has 0 N–H and O–H groups in total. The Morgan fingerprint density at radius 3 is 2.56 bits per heavy atom. The van der Waals surface area contributed by atoms with Crippen molar-refractivity contribution in [3.8, 4) is 0 Å². The molecule has 2 aromatic rings. The highest BCUT2D eigenvalue weighted by molar-refractivity contribution is 8.40. The minimum absolute atomic E-state index is 0.903. The van der Waals surface area contributed by atoms with Crippen LogP contribution in [0.2, 0.25) is 0 Å². The van der Waals surface area contributed by atoms with E-state index in [1.54, 1.807) is 4.91 Å². The van der Waals surface area contributed by atoms with E-state index in [2.05, 4.69) is 140 Å². The Morgan fingerprint density at radius 2 is 1.75 bits per heavy atom. The highest BCUT2D eigenvalue weighted by Gasteiger charge is 2.37. The number of allylic oxidation sites excluding steroid dienone is 12. The van der Waals surface area contributed by atoms with Crippen molar-refractivity contribution in [2.75, 3.05) is 5.75 Å². The molecule has 184 valence electrons. The third kappa shape index (κ3) is 6.03. The lowest BCUT2D eigenvalue weighted by molar-refractivity contribution is 1.20. The molecule has 0 saturated heterocycles. The Bertz CT molecular complexity index is 1300. The molecule has 36 heavy (non-hydrogen) atoms. The van der Waals surface area contributed by atoms with Crippen LogP contribution in [0, 0.1) is 6.92 Å². The molecule has 0 spiro atoms. The van der Waals surface area contributed by atoms with Crippen molar-refractivity contribution in [2.45, 2.75) is 36.5 Å². The summed E-state index contributed by atoms with van der Waals surface area (Å²) in [6.07, 6.45) is 26.2. The maximum atomic E-state index is 4.22. The number of rotatable bonds is 8. The quantitative estimate of drug-likeness (QED) is 0.203. The van der Waals surface area contributed by atoms with Gasteiger partial charge in [-0.15, -0.1) is 0 Å². The van der Waals surface area contributed by atoms with Crippen molar-refractivity contribution in [1.29, 1.82) is 0 Å². The zero-order chi connectivity index (χ0) is 25.2. The van der Waals surface area contributed by atoms with Gasteiger partial charge in [-0.1, -0.05) is 121 Å². The lowest BCUT2D eigenvalue weighted by Gasteiger charge is -2.44. The molecule has 0 fully saturated rings. The lowest BCUT2D eigenvalue weighted by atomic mass is 10.0. The van der Waals surface area contributed by atoms with Gasteiger partial charge in [0.1, 0.15) is 0 Å². The third-order valence-corrected chi connectivity index (χ3v) is 11.6. The van der Waals surface area contributed by atoms with Crippen LogP contribution < -0.4 is 0 Å². The Balaban J connectivity index is 1.91. The van der Waals surface area contributed by atoms with Crippen LogP contribution in [0.3, 0.4) is 0 Å². The van der Waals surface area contributed by atoms with Gasteiger partial charge in [0.25, 0.3) is 0 Å². The highest BCUT2D eigenvalue weighted by atomic mass is 32.3. The summed E-state index contributed by atoms with van der Waals surface area (Å²) >= 11 is 6.16. The number of aryl methyl sites for hydroxylation is 1. The summed E-state index contributed by atoms with van der Waals surface area (Å²) in [5.41, 5.74) is 3.90. The topological polar surface area (TPSA) is 0 Å². The molecule has 0 saturated carbocycles. The Kier molecular flexibility index (Phi) is 9.63. The Morgan fingerprint density at radius 1 is 0.944 bits per heavy atom. The van der Waals surface area contributed by atoms with Crippen molar-refractivity contribution in [3.63, 3.8) is 0 Å². The van der Waals surface area contributed by atoms with Crippen molar-refractivity contribution in [2.24, 2.45) is 0 Å². The van der Waals surface area contributed by atoms with E-state index in [4.69, 9.17) is 0 Å². The lowest BCUT2D eigenvalue weighted by Crippen LogP contribution is -2.12. The van der Waals surface area contributed by atoms with E-state index >= 15 is 0 Å². The van der Waals surface area contributed by atoms with Crippen LogP contribution >= 0.6 is 34.4 Å². The van der Waals surface area contributed by atoms with Crippen LogP contribution in [0.4, 0.5) is 0 Å². The summed E-state index contributed by atoms with van der Waals surface area (Å²) in [6.45, 7) is 4.20. The number of fused-ring (bicyclic) bond motifs is 1. The van der Waals surface area contributed by atoms with Crippen LogP contribution in [-0.4, -0.2) is 5.75 Å². The summed E-state index contributed by atoms with van der Waals surface area (Å²) in [5.74, 6) is 0.993. The normalized spacial score (nSPS) is 21.9. The molecule has 0 amide bonds. The minimum atomic E-state index is -1.42. The van der Waals surface area contributed by atoms with Gasteiger partial charge in [0.05, 0.1) is 0 Å². The fourth-order valence-electron chi connectivity index (χ4n) is 4.40. The molecule has 0 radical (unpaired) electrons. The SMILES string of the molecule is C\C=C/C=C\C=C\S1(C/C=C\C/C=C\S)C2=C(Sc3ccccc31)C(c1ccc(C)cc1)=CC=CC2. The van der Waals surface area contributed by atoms with E-state index in [1.807, 2.05) is 24.1 Å². The summed E-state index contributed by atoms with van der Waals surface area (Å²) in [6, 6.07) is 18.0. The number of hydrogen-bond donors (Lipinski definition) is 1. The predicted molar refractivity (Wildman–Crippen MR) is 168 cm³/mol. The second-order valence-corrected chi connectivity index (χ2v) is 13.1. The average molecular weight is 527 g/mol. The van der Waals surface area contributed by atoms with Gasteiger partial charge >= 0.3 is 0 Å². The molecular weight excluding hydrogens is 493 g/mol. The van der Waals surface area contributed by atoms with Crippen molar-refractivity contribution in [1.82, 2.24) is 0 Å². The first-order valence-electron chi connectivity index (χ1n) is 12.4. The molecule has 1 aliphatic heterocycles. The van der Waals surface area contributed by atoms with E-state index in [-0.39, 0.29) is 0 Å². The first kappa shape index (κ1) is 26.5. The zero-order valence-corrected chi connectivity index (χ0v) is 23.5. The highest BCUT2D eigenvalue weighted by Crippen LogP contribution is 2.72. The van der Waals surface area contributed by atoms with Crippen LogP contribution in [0.25, 0.3) is 5.57 Å². The second-order valence-electron chi connectivity index (χ2n) is 8.67. The van der Waals surface area contributed by atoms with E-state index in [0.29, 0.717) is 0 Å². The van der Waals surface area contributed by atoms with Crippen LogP contribution in [0.1, 0.15) is 30.9 Å². The summed E-state index contributed by atoms with van der Waals surface area (Å²) < 4.78 is 0. The van der Waals surface area contributed by atoms with Gasteiger partial charge in [0.2, 0.25) is 0 Å². The molecule has 1 heterocycles. The van der Waals surface area contributed by atoms with E-state index in [1.165, 1.54) is 31.4 Å². The van der Waals surface area contributed by atoms with Crippen LogP contribution in [-0.2, 0) is 0 Å². The molecule has 1 aliphatic carbocycles. The average Bonchev–Trinajstić information content (AvgIpc) is 3.12. The maximum Gasteiger partial charge on any atom is 0.0290 e. The molecular formula is C33H34S3. The monoisotopic (exact) mass is 526 g/mol. The summed E-state index contributed by atoms with van der Waals surface area (Å²) in [7, 11) is -1.42. The van der Waals surface area contributed by atoms with Crippen LogP contribution in [0.5, 0.6) is 0 Å². The number of hydrogen-bond acceptors (Lipinski definition) is 2. The smallest absolute Gasteiger partial charge is 0.0290 e. The largest absolute Gasteiger partial charge is 0.165 e. The number of thioether (sulfide) groups is 1. The van der Waals surface area contributed by atoms with Gasteiger partial charge in [0, 0.05) is 20.4 Å². The van der Waals surface area contributed by atoms with Crippen molar-refractivity contribution in [3.05, 3.63) is 147 Å². The van der Waals surface area contributed by atoms with Crippen LogP contribution in [0.15, 0.2) is 146 Å². The number of benzene rings is 2. The van der Waals surface area contributed by atoms with E-state index < -0.39 is 10.0 Å². The van der Waals surface area contributed by atoms with Crippen molar-refractivity contribution < 1.29 is 0 Å². The van der Waals surface area contributed by atoms with E-state index in [9.17, 15) is 0 Å². The molecule has 1 atom stereocenters. The predicted octanol–water partition coefficient (Wildman–Crippen LogP) is 10.6. The Hall–Kier alpha value is -2.59. The van der Waals surface area contributed by atoms with Gasteiger partial charge in [-0.2, -0.15) is 22.7 Å². The van der Waals surface area contributed by atoms with Gasteiger partial charge < -0.3 is 0 Å². The molecule has 3 heteroatoms. The standard InChI is InChI=1S/C33H34S3/c1-3-4-5-7-14-25-36(26-15-8-6-13-24-34)31-18-12-10-17-30(31)35-33-29(16-9-11-19-32(33)36)28-22-20-27(2)21-23-28/h3-5,7-18,20-25,34H,6,19,26H2,1-2H3/b4-3-,7-5-,15-8-,24-13-,25-14+. The molecule has 2 aromatic carbocycles. The molecule has 0 nitrogen and oxygen atoms in total. The van der Waals surface area contributed by atoms with Gasteiger partial charge in [-0.25, -0.2) is 0 Å². The summed E-state index contributed by atoms with van der Waals surface area (Å²) in [5, 5.41) is 4.33. The van der Waals surface area contributed by atoms with Gasteiger partial charge in [0.15, 0.2) is 0 Å². The van der Waals surface area contributed by atoms with Gasteiger partial charge in [-0.3, -0.25) is 0 Å². The fraction of sp³-hybridized carbons (Fsp3) is 0.152. The van der Waals surface area contributed by atoms with Crippen molar-refractivity contribution >= 4 is 40.0 Å². The van der Waals surface area contributed by atoms with Gasteiger partial charge in [-0.05, 0) is 65.7 Å². The second kappa shape index (κ2) is 13.1. The molecule has 2 aliphatic rings. The molecule has 4 rings (SSSR count). The third-order valence-electron chi connectivity index (χ3n) is 6.20. The first-order valence-corrected chi connectivity index (χ1v) is 15.5. The maximum absolute atomic E-state index is 4.22. The molecule has 0 bridgehead atoms. The fourth-order valence-corrected chi connectivity index (χ4v) is 10.1.